The molecule has 1 aliphatic rings. The number of hydrogen-bond acceptors (Lipinski definition) is 4. The van der Waals surface area contributed by atoms with E-state index in [4.69, 9.17) is 4.74 Å². The Hall–Kier alpha value is -2.04. The van der Waals surface area contributed by atoms with Crippen molar-refractivity contribution in [1.29, 1.82) is 0 Å². The van der Waals surface area contributed by atoms with Crippen molar-refractivity contribution in [3.63, 3.8) is 0 Å². The summed E-state index contributed by atoms with van der Waals surface area (Å²) < 4.78 is 5.65. The van der Waals surface area contributed by atoms with Gasteiger partial charge in [0.1, 0.15) is 12.5 Å². The Morgan fingerprint density at radius 2 is 1.68 bits per heavy atom. The van der Waals surface area contributed by atoms with Crippen molar-refractivity contribution in [3.8, 4) is 0 Å². The van der Waals surface area contributed by atoms with E-state index in [2.05, 4.69) is 16.4 Å². The smallest absolute Gasteiger partial charge is 0.317 e. The lowest BCUT2D eigenvalue weighted by Gasteiger charge is -2.21. The van der Waals surface area contributed by atoms with E-state index in [1.807, 2.05) is 72.4 Å². The maximum absolute atomic E-state index is 12.8. The molecule has 25 heavy (non-hydrogen) atoms. The molecule has 0 bridgehead atoms. The van der Waals surface area contributed by atoms with Gasteiger partial charge in [0.2, 0.25) is 0 Å². The van der Waals surface area contributed by atoms with Crippen LogP contribution in [0.1, 0.15) is 17.0 Å². The Morgan fingerprint density at radius 3 is 2.32 bits per heavy atom. The number of ether oxygens (including phenoxy) is 1. The molecular weight excluding hydrogens is 330 g/mol. The van der Waals surface area contributed by atoms with Gasteiger partial charge in [-0.25, -0.2) is 0 Å². The Bertz CT molecular complexity index is 648. The van der Waals surface area contributed by atoms with Crippen molar-refractivity contribution in [2.45, 2.75) is 5.92 Å². The van der Waals surface area contributed by atoms with Crippen molar-refractivity contribution in [2.75, 3.05) is 32.0 Å². The summed E-state index contributed by atoms with van der Waals surface area (Å²) in [6.07, 6.45) is 2.16. The van der Waals surface area contributed by atoms with Crippen molar-refractivity contribution in [3.05, 3.63) is 83.3 Å². The first-order valence-electron chi connectivity index (χ1n) is 8.60. The Labute approximate surface area is 153 Å². The lowest BCUT2D eigenvalue weighted by Crippen LogP contribution is -2.30. The largest absolute Gasteiger partial charge is 0.464 e. The van der Waals surface area contributed by atoms with Crippen molar-refractivity contribution in [1.82, 2.24) is 4.90 Å². The monoisotopic (exact) mass is 353 g/mol. The van der Waals surface area contributed by atoms with Gasteiger partial charge in [0.05, 0.1) is 0 Å². The maximum atomic E-state index is 12.8. The summed E-state index contributed by atoms with van der Waals surface area (Å²) >= 11 is 1.83. The number of esters is 1. The lowest BCUT2D eigenvalue weighted by molar-refractivity contribution is -0.144. The minimum absolute atomic E-state index is 0.183. The third-order valence-electron chi connectivity index (χ3n) is 4.23. The summed E-state index contributed by atoms with van der Waals surface area (Å²) in [4.78, 5) is 15.1. The fraction of sp³-hybridized carbons (Fsp3) is 0.286. The van der Waals surface area contributed by atoms with Crippen LogP contribution in [0.25, 0.3) is 0 Å². The number of hydrogen-bond donors (Lipinski definition) is 0. The zero-order chi connectivity index (χ0) is 17.3. The van der Waals surface area contributed by atoms with E-state index in [9.17, 15) is 4.79 Å². The van der Waals surface area contributed by atoms with Crippen molar-refractivity contribution in [2.24, 2.45) is 0 Å². The molecule has 2 aromatic rings. The second-order valence-corrected chi connectivity index (χ2v) is 6.98. The maximum Gasteiger partial charge on any atom is 0.317 e. The topological polar surface area (TPSA) is 29.5 Å². The predicted octanol–water partition coefficient (Wildman–Crippen LogP) is 3.92. The number of benzene rings is 2. The van der Waals surface area contributed by atoms with E-state index in [1.54, 1.807) is 0 Å². The first kappa shape index (κ1) is 17.8. The van der Waals surface area contributed by atoms with Crippen LogP contribution in [0.2, 0.25) is 0 Å². The van der Waals surface area contributed by atoms with Gasteiger partial charge >= 0.3 is 5.97 Å². The molecule has 2 aromatic carbocycles. The van der Waals surface area contributed by atoms with Gasteiger partial charge in [0.25, 0.3) is 0 Å². The molecule has 1 aliphatic heterocycles. The molecule has 0 amide bonds. The molecule has 0 aromatic heterocycles. The molecule has 0 saturated heterocycles. The van der Waals surface area contributed by atoms with E-state index < -0.39 is 0 Å². The van der Waals surface area contributed by atoms with Crippen LogP contribution >= 0.6 is 11.8 Å². The van der Waals surface area contributed by atoms with Gasteiger partial charge in [0, 0.05) is 25.4 Å². The normalized spacial score (nSPS) is 15.1. The number of carbonyl (C=O) groups excluding carboxylic acids is 1. The second kappa shape index (κ2) is 9.44. The molecular formula is C21H23NO2S. The van der Waals surface area contributed by atoms with E-state index in [1.165, 1.54) is 0 Å². The van der Waals surface area contributed by atoms with E-state index in [0.29, 0.717) is 6.61 Å². The molecule has 0 aliphatic carbocycles. The molecule has 0 atom stereocenters. The van der Waals surface area contributed by atoms with Gasteiger partial charge in [-0.05, 0) is 16.5 Å². The first-order chi connectivity index (χ1) is 12.3. The van der Waals surface area contributed by atoms with Crippen LogP contribution in [0, 0.1) is 0 Å². The highest BCUT2D eigenvalue weighted by Gasteiger charge is 2.24. The molecule has 0 fully saturated rings. The zero-order valence-corrected chi connectivity index (χ0v) is 15.0. The number of rotatable bonds is 6. The molecule has 3 rings (SSSR count). The van der Waals surface area contributed by atoms with Gasteiger partial charge in [-0.15, -0.1) is 11.8 Å². The SMILES string of the molecule is O=C(OCCN1CC=CSCC1)C(c1ccccc1)c1ccccc1. The molecule has 0 N–H and O–H groups in total. The van der Waals surface area contributed by atoms with Crippen LogP contribution in [0.3, 0.4) is 0 Å². The molecule has 3 nitrogen and oxygen atoms in total. The lowest BCUT2D eigenvalue weighted by atomic mass is 9.91. The minimum Gasteiger partial charge on any atom is -0.464 e. The Kier molecular flexibility index (Phi) is 6.71. The fourth-order valence-corrected chi connectivity index (χ4v) is 3.64. The molecule has 0 saturated carbocycles. The standard InChI is InChI=1S/C21H23NO2S/c23-21(24-15-13-22-12-7-16-25-17-14-22)20(18-8-3-1-4-9-18)19-10-5-2-6-11-19/h1-11,16,20H,12-15,17H2. The zero-order valence-electron chi connectivity index (χ0n) is 14.2. The third kappa shape index (κ3) is 5.21. The fourth-order valence-electron chi connectivity index (χ4n) is 2.92. The van der Waals surface area contributed by atoms with Gasteiger partial charge in [-0.1, -0.05) is 66.7 Å². The third-order valence-corrected chi connectivity index (χ3v) is 5.04. The van der Waals surface area contributed by atoms with E-state index in [0.717, 1.165) is 36.5 Å². The highest BCUT2D eigenvalue weighted by atomic mass is 32.2. The Balaban J connectivity index is 1.64. The van der Waals surface area contributed by atoms with Gasteiger partial charge in [-0.2, -0.15) is 0 Å². The van der Waals surface area contributed by atoms with Crippen LogP contribution in [-0.4, -0.2) is 42.9 Å². The molecule has 0 spiro atoms. The first-order valence-corrected chi connectivity index (χ1v) is 9.65. The molecule has 130 valence electrons. The van der Waals surface area contributed by atoms with E-state index >= 15 is 0 Å². The van der Waals surface area contributed by atoms with Crippen molar-refractivity contribution < 1.29 is 9.53 Å². The Morgan fingerprint density at radius 1 is 1.04 bits per heavy atom. The van der Waals surface area contributed by atoms with Crippen LogP contribution in [0.5, 0.6) is 0 Å². The molecule has 0 unspecified atom stereocenters. The number of thioether (sulfide) groups is 1. The minimum atomic E-state index is -0.373. The summed E-state index contributed by atoms with van der Waals surface area (Å²) in [6.45, 7) is 3.14. The summed E-state index contributed by atoms with van der Waals surface area (Å²) in [7, 11) is 0. The highest BCUT2D eigenvalue weighted by Crippen LogP contribution is 2.25. The van der Waals surface area contributed by atoms with Crippen LogP contribution in [-0.2, 0) is 9.53 Å². The summed E-state index contributed by atoms with van der Waals surface area (Å²) in [5.74, 6) is 0.528. The number of nitrogens with zero attached hydrogens (tertiary/aromatic N) is 1. The predicted molar refractivity (Wildman–Crippen MR) is 104 cm³/mol. The summed E-state index contributed by atoms with van der Waals surface area (Å²) in [6, 6.07) is 19.7. The van der Waals surface area contributed by atoms with Gasteiger partial charge < -0.3 is 4.74 Å². The summed E-state index contributed by atoms with van der Waals surface area (Å²) in [5, 5.41) is 2.15. The molecule has 4 heteroatoms. The second-order valence-electron chi connectivity index (χ2n) is 5.97. The molecule has 1 heterocycles. The van der Waals surface area contributed by atoms with Crippen LogP contribution in [0.4, 0.5) is 0 Å². The highest BCUT2D eigenvalue weighted by molar-refractivity contribution is 8.02. The number of carbonyl (C=O) groups is 1. The summed E-state index contributed by atoms with van der Waals surface area (Å²) in [5.41, 5.74) is 1.93. The van der Waals surface area contributed by atoms with Crippen LogP contribution < -0.4 is 0 Å². The van der Waals surface area contributed by atoms with Crippen molar-refractivity contribution >= 4 is 17.7 Å². The average molecular weight is 353 g/mol. The van der Waals surface area contributed by atoms with Crippen LogP contribution in [0.15, 0.2) is 72.1 Å². The molecule has 0 radical (unpaired) electrons. The van der Waals surface area contributed by atoms with Gasteiger partial charge in [0.15, 0.2) is 0 Å². The average Bonchev–Trinajstić information content (AvgIpc) is 2.93. The quantitative estimate of drug-likeness (QED) is 0.736. The van der Waals surface area contributed by atoms with Gasteiger partial charge in [-0.3, -0.25) is 9.69 Å². The van der Waals surface area contributed by atoms with E-state index in [-0.39, 0.29) is 11.9 Å².